The fraction of sp³-hybridized carbons (Fsp3) is 0.600. The zero-order valence-corrected chi connectivity index (χ0v) is 13.4. The minimum Gasteiger partial charge on any atom is -0.369 e. The van der Waals surface area contributed by atoms with Crippen LogP contribution in [0, 0.1) is 5.41 Å². The SMILES string of the molecule is CN(C)CC(C)(C)CNc1ccc(C(=O)N(C)C)cn1. The second-order valence-electron chi connectivity index (χ2n) is 6.39. The van der Waals surface area contributed by atoms with Gasteiger partial charge in [0.1, 0.15) is 5.82 Å². The van der Waals surface area contributed by atoms with Gasteiger partial charge in [0.2, 0.25) is 0 Å². The second-order valence-corrected chi connectivity index (χ2v) is 6.39. The van der Waals surface area contributed by atoms with Gasteiger partial charge in [-0.2, -0.15) is 0 Å². The highest BCUT2D eigenvalue weighted by Gasteiger charge is 2.18. The Bertz CT molecular complexity index is 438. The zero-order chi connectivity index (χ0) is 15.3. The molecule has 20 heavy (non-hydrogen) atoms. The smallest absolute Gasteiger partial charge is 0.254 e. The molecule has 0 radical (unpaired) electrons. The summed E-state index contributed by atoms with van der Waals surface area (Å²) in [5, 5.41) is 3.32. The average Bonchev–Trinajstić information content (AvgIpc) is 2.34. The lowest BCUT2D eigenvalue weighted by Gasteiger charge is -2.28. The van der Waals surface area contributed by atoms with Crippen LogP contribution in [0.25, 0.3) is 0 Å². The van der Waals surface area contributed by atoms with Crippen molar-refractivity contribution in [3.8, 4) is 0 Å². The molecule has 1 amide bonds. The highest BCUT2D eigenvalue weighted by molar-refractivity contribution is 5.93. The van der Waals surface area contributed by atoms with Gasteiger partial charge in [-0.25, -0.2) is 4.98 Å². The van der Waals surface area contributed by atoms with Gasteiger partial charge in [-0.05, 0) is 31.6 Å². The van der Waals surface area contributed by atoms with E-state index < -0.39 is 0 Å². The molecule has 1 aromatic heterocycles. The summed E-state index contributed by atoms with van der Waals surface area (Å²) in [4.78, 5) is 19.8. The number of carbonyl (C=O) groups excluding carboxylic acids is 1. The molecule has 1 aromatic rings. The molecular formula is C15H26N4O. The molecule has 0 fully saturated rings. The minimum absolute atomic E-state index is 0.0306. The zero-order valence-electron chi connectivity index (χ0n) is 13.4. The van der Waals surface area contributed by atoms with Gasteiger partial charge in [0, 0.05) is 33.4 Å². The van der Waals surface area contributed by atoms with Crippen molar-refractivity contribution in [1.82, 2.24) is 14.8 Å². The lowest BCUT2D eigenvalue weighted by molar-refractivity contribution is 0.0827. The number of nitrogens with one attached hydrogen (secondary N) is 1. The maximum absolute atomic E-state index is 11.8. The van der Waals surface area contributed by atoms with Crippen LogP contribution in [0.4, 0.5) is 5.82 Å². The molecule has 0 saturated carbocycles. The van der Waals surface area contributed by atoms with Crippen LogP contribution in [-0.4, -0.2) is 62.0 Å². The molecule has 1 N–H and O–H groups in total. The first kappa shape index (κ1) is 16.4. The molecular weight excluding hydrogens is 252 g/mol. The van der Waals surface area contributed by atoms with Crippen LogP contribution in [-0.2, 0) is 0 Å². The molecule has 0 aromatic carbocycles. The van der Waals surface area contributed by atoms with Crippen LogP contribution in [0.3, 0.4) is 0 Å². The van der Waals surface area contributed by atoms with Gasteiger partial charge in [0.15, 0.2) is 0 Å². The van der Waals surface area contributed by atoms with E-state index in [0.717, 1.165) is 18.9 Å². The summed E-state index contributed by atoms with van der Waals surface area (Å²) in [7, 11) is 7.61. The van der Waals surface area contributed by atoms with Crippen LogP contribution in [0.1, 0.15) is 24.2 Å². The van der Waals surface area contributed by atoms with E-state index in [4.69, 9.17) is 0 Å². The summed E-state index contributed by atoms with van der Waals surface area (Å²) in [5.41, 5.74) is 0.761. The van der Waals surface area contributed by atoms with Crippen molar-refractivity contribution in [2.45, 2.75) is 13.8 Å². The Labute approximate surface area is 122 Å². The van der Waals surface area contributed by atoms with Crippen molar-refractivity contribution in [2.24, 2.45) is 5.41 Å². The van der Waals surface area contributed by atoms with Gasteiger partial charge in [-0.1, -0.05) is 13.8 Å². The Morgan fingerprint density at radius 1 is 1.25 bits per heavy atom. The summed E-state index contributed by atoms with van der Waals surface area (Å²) in [5.74, 6) is 0.768. The highest BCUT2D eigenvalue weighted by atomic mass is 16.2. The Hall–Kier alpha value is -1.62. The first-order valence-corrected chi connectivity index (χ1v) is 6.77. The molecule has 0 aliphatic rings. The van der Waals surface area contributed by atoms with E-state index in [9.17, 15) is 4.79 Å². The molecule has 5 nitrogen and oxygen atoms in total. The van der Waals surface area contributed by atoms with Gasteiger partial charge in [-0.3, -0.25) is 4.79 Å². The molecule has 0 bridgehead atoms. The van der Waals surface area contributed by atoms with E-state index in [1.165, 1.54) is 0 Å². The monoisotopic (exact) mass is 278 g/mol. The van der Waals surface area contributed by atoms with Crippen molar-refractivity contribution in [3.05, 3.63) is 23.9 Å². The molecule has 0 aliphatic carbocycles. The fourth-order valence-electron chi connectivity index (χ4n) is 2.12. The minimum atomic E-state index is -0.0306. The number of rotatable bonds is 6. The van der Waals surface area contributed by atoms with Crippen LogP contribution >= 0.6 is 0 Å². The highest BCUT2D eigenvalue weighted by Crippen LogP contribution is 2.17. The van der Waals surface area contributed by atoms with E-state index in [-0.39, 0.29) is 11.3 Å². The molecule has 0 spiro atoms. The second kappa shape index (κ2) is 6.70. The van der Waals surface area contributed by atoms with E-state index in [0.29, 0.717) is 5.56 Å². The molecule has 1 rings (SSSR count). The number of aromatic nitrogens is 1. The Balaban J connectivity index is 2.60. The topological polar surface area (TPSA) is 48.5 Å². The third kappa shape index (κ3) is 5.17. The maximum atomic E-state index is 11.8. The van der Waals surface area contributed by atoms with Crippen molar-refractivity contribution in [1.29, 1.82) is 0 Å². The van der Waals surface area contributed by atoms with Crippen LogP contribution < -0.4 is 5.32 Å². The molecule has 1 heterocycles. The lowest BCUT2D eigenvalue weighted by atomic mass is 9.93. The van der Waals surface area contributed by atoms with Gasteiger partial charge < -0.3 is 15.1 Å². The van der Waals surface area contributed by atoms with E-state index in [1.54, 1.807) is 31.3 Å². The summed E-state index contributed by atoms with van der Waals surface area (Å²) in [6, 6.07) is 3.65. The summed E-state index contributed by atoms with van der Waals surface area (Å²) in [6.07, 6.45) is 1.61. The van der Waals surface area contributed by atoms with E-state index in [1.807, 2.05) is 6.07 Å². The van der Waals surface area contributed by atoms with Crippen LogP contribution in [0.15, 0.2) is 18.3 Å². The lowest BCUT2D eigenvalue weighted by Crippen LogP contribution is -2.34. The Kier molecular flexibility index (Phi) is 5.51. The first-order chi connectivity index (χ1) is 9.21. The number of hydrogen-bond donors (Lipinski definition) is 1. The number of carbonyl (C=O) groups is 1. The van der Waals surface area contributed by atoms with Crippen molar-refractivity contribution in [2.75, 3.05) is 46.6 Å². The third-order valence-corrected chi connectivity index (χ3v) is 2.91. The van der Waals surface area contributed by atoms with Gasteiger partial charge in [0.05, 0.1) is 5.56 Å². The predicted molar refractivity (Wildman–Crippen MR) is 83.1 cm³/mol. The maximum Gasteiger partial charge on any atom is 0.254 e. The molecule has 0 aliphatic heterocycles. The van der Waals surface area contributed by atoms with Crippen molar-refractivity contribution < 1.29 is 4.79 Å². The van der Waals surface area contributed by atoms with Crippen LogP contribution in [0.5, 0.6) is 0 Å². The predicted octanol–water partition coefficient (Wildman–Crippen LogP) is 1.78. The van der Waals surface area contributed by atoms with Gasteiger partial charge >= 0.3 is 0 Å². The number of amides is 1. The summed E-state index contributed by atoms with van der Waals surface area (Å²) < 4.78 is 0. The number of hydrogen-bond acceptors (Lipinski definition) is 4. The standard InChI is InChI=1S/C15H26N4O/c1-15(2,11-18(3)4)10-17-13-8-7-12(9-16-13)14(20)19(5)6/h7-9H,10-11H2,1-6H3,(H,16,17). The summed E-state index contributed by atoms with van der Waals surface area (Å²) in [6.45, 7) is 6.25. The average molecular weight is 278 g/mol. The molecule has 0 saturated heterocycles. The molecule has 0 atom stereocenters. The third-order valence-electron chi connectivity index (χ3n) is 2.91. The molecule has 5 heteroatoms. The van der Waals surface area contributed by atoms with Gasteiger partial charge in [0.25, 0.3) is 5.91 Å². The largest absolute Gasteiger partial charge is 0.369 e. The fourth-order valence-corrected chi connectivity index (χ4v) is 2.12. The van der Waals surface area contributed by atoms with E-state index >= 15 is 0 Å². The number of pyridine rings is 1. The normalized spacial score (nSPS) is 11.6. The molecule has 0 unspecified atom stereocenters. The van der Waals surface area contributed by atoms with Crippen molar-refractivity contribution in [3.63, 3.8) is 0 Å². The Morgan fingerprint density at radius 2 is 1.90 bits per heavy atom. The van der Waals surface area contributed by atoms with Crippen molar-refractivity contribution >= 4 is 11.7 Å². The van der Waals surface area contributed by atoms with Gasteiger partial charge in [-0.15, -0.1) is 0 Å². The van der Waals surface area contributed by atoms with E-state index in [2.05, 4.69) is 43.1 Å². The van der Waals surface area contributed by atoms with Crippen LogP contribution in [0.2, 0.25) is 0 Å². The number of nitrogens with zero attached hydrogens (tertiary/aromatic N) is 3. The Morgan fingerprint density at radius 3 is 2.35 bits per heavy atom. The number of anilines is 1. The summed E-state index contributed by atoms with van der Waals surface area (Å²) >= 11 is 0. The first-order valence-electron chi connectivity index (χ1n) is 6.77. The molecule has 112 valence electrons. The quantitative estimate of drug-likeness (QED) is 0.862.